The molecule has 8 heteroatoms. The summed E-state index contributed by atoms with van der Waals surface area (Å²) in [5.41, 5.74) is 4.67. The van der Waals surface area contributed by atoms with Crippen LogP contribution in [0.25, 0.3) is 33.4 Å². The van der Waals surface area contributed by atoms with E-state index >= 15 is 4.39 Å². The summed E-state index contributed by atoms with van der Waals surface area (Å²) >= 11 is 0. The number of para-hydroxylation sites is 1. The summed E-state index contributed by atoms with van der Waals surface area (Å²) in [4.78, 5) is 23.9. The second kappa shape index (κ2) is 11.6. The number of hydrogen-bond acceptors (Lipinski definition) is 6. The Labute approximate surface area is 221 Å². The molecule has 0 atom stereocenters. The van der Waals surface area contributed by atoms with Gasteiger partial charge in [0, 0.05) is 24.2 Å². The van der Waals surface area contributed by atoms with Crippen molar-refractivity contribution in [1.29, 1.82) is 0 Å². The Morgan fingerprint density at radius 3 is 2.50 bits per heavy atom. The molecule has 7 nitrogen and oxygen atoms in total. The fourth-order valence-electron chi connectivity index (χ4n) is 4.56. The monoisotopic (exact) mass is 515 g/mol. The predicted molar refractivity (Wildman–Crippen MR) is 144 cm³/mol. The van der Waals surface area contributed by atoms with E-state index in [1.165, 1.54) is 6.07 Å². The van der Waals surface area contributed by atoms with Gasteiger partial charge >= 0.3 is 0 Å². The highest BCUT2D eigenvalue weighted by Gasteiger charge is 2.19. The number of carbonyl (C=O) groups is 1. The molecule has 1 aromatic heterocycles. The summed E-state index contributed by atoms with van der Waals surface area (Å²) in [5.74, 6) is 0.807. The first kappa shape index (κ1) is 25.6. The maximum atomic E-state index is 15.2. The fraction of sp³-hybridized carbons (Fsp3) is 0.300. The van der Waals surface area contributed by atoms with Crippen LogP contribution in [0, 0.1) is 5.82 Å². The molecule has 2 heterocycles. The molecule has 0 spiro atoms. The summed E-state index contributed by atoms with van der Waals surface area (Å²) in [6, 6.07) is 16.3. The quantitative estimate of drug-likeness (QED) is 0.317. The minimum Gasteiger partial charge on any atom is -0.490 e. The maximum absolute atomic E-state index is 15.2. The van der Waals surface area contributed by atoms with Gasteiger partial charge in [-0.3, -0.25) is 9.78 Å². The Morgan fingerprint density at radius 1 is 0.974 bits per heavy atom. The Bertz CT molecular complexity index is 1450. The van der Waals surface area contributed by atoms with Crippen molar-refractivity contribution in [3.63, 3.8) is 0 Å². The van der Waals surface area contributed by atoms with Gasteiger partial charge in [0.1, 0.15) is 5.82 Å². The number of benzene rings is 3. The first-order valence-corrected chi connectivity index (χ1v) is 12.9. The summed E-state index contributed by atoms with van der Waals surface area (Å²) < 4.78 is 31.9. The Hall–Kier alpha value is -4.04. The number of ether oxygens (including phenoxy) is 3. The number of rotatable bonds is 8. The molecule has 0 bridgehead atoms. The molecule has 3 aromatic carbocycles. The van der Waals surface area contributed by atoms with E-state index in [4.69, 9.17) is 19.2 Å². The number of morpholine rings is 1. The topological polar surface area (TPSA) is 73.8 Å². The number of hydrogen-bond donors (Lipinski definition) is 0. The molecule has 1 fully saturated rings. The molecule has 1 aliphatic rings. The van der Waals surface area contributed by atoms with Crippen molar-refractivity contribution in [2.75, 3.05) is 39.5 Å². The minimum absolute atomic E-state index is 0.0194. The highest BCUT2D eigenvalue weighted by atomic mass is 19.1. The smallest absolute Gasteiger partial charge is 0.227 e. The first-order chi connectivity index (χ1) is 18.6. The SMILES string of the molecule is CCOc1ccc(-c2cnc3cccc(-c4ccc(CC(=O)N5CCOCC5)c(F)c4)c3n2)cc1OCC. The zero-order valence-corrected chi connectivity index (χ0v) is 21.6. The molecular weight excluding hydrogens is 485 g/mol. The van der Waals surface area contributed by atoms with Crippen LogP contribution in [0.3, 0.4) is 0 Å². The lowest BCUT2D eigenvalue weighted by Gasteiger charge is -2.27. The van der Waals surface area contributed by atoms with E-state index in [1.54, 1.807) is 17.2 Å². The molecular formula is C30H30FN3O4. The van der Waals surface area contributed by atoms with E-state index in [0.717, 1.165) is 11.1 Å². The minimum atomic E-state index is -0.418. The molecule has 0 aliphatic carbocycles. The Balaban J connectivity index is 1.46. The number of fused-ring (bicyclic) bond motifs is 1. The molecule has 1 aliphatic heterocycles. The molecule has 0 saturated carbocycles. The van der Waals surface area contributed by atoms with Gasteiger partial charge in [-0.2, -0.15) is 0 Å². The third kappa shape index (κ3) is 5.45. The van der Waals surface area contributed by atoms with Crippen molar-refractivity contribution in [2.24, 2.45) is 0 Å². The second-order valence-electron chi connectivity index (χ2n) is 8.93. The summed E-state index contributed by atoms with van der Waals surface area (Å²) in [5, 5.41) is 0. The van der Waals surface area contributed by atoms with E-state index in [9.17, 15) is 4.79 Å². The van der Waals surface area contributed by atoms with Crippen LogP contribution in [0.5, 0.6) is 11.5 Å². The highest BCUT2D eigenvalue weighted by molar-refractivity contribution is 5.92. The van der Waals surface area contributed by atoms with Gasteiger partial charge in [-0.15, -0.1) is 0 Å². The lowest BCUT2D eigenvalue weighted by atomic mass is 10.00. The fourth-order valence-corrected chi connectivity index (χ4v) is 4.56. The number of aromatic nitrogens is 2. The third-order valence-corrected chi connectivity index (χ3v) is 6.48. The molecule has 1 saturated heterocycles. The second-order valence-corrected chi connectivity index (χ2v) is 8.93. The van der Waals surface area contributed by atoms with E-state index in [2.05, 4.69) is 4.98 Å². The number of nitrogens with zero attached hydrogens (tertiary/aromatic N) is 3. The van der Waals surface area contributed by atoms with Crippen LogP contribution in [0.1, 0.15) is 19.4 Å². The maximum Gasteiger partial charge on any atom is 0.227 e. The molecule has 1 amide bonds. The predicted octanol–water partition coefficient (Wildman–Crippen LogP) is 5.30. The van der Waals surface area contributed by atoms with Gasteiger partial charge in [0.2, 0.25) is 5.91 Å². The average Bonchev–Trinajstić information content (AvgIpc) is 2.95. The number of carbonyl (C=O) groups excluding carboxylic acids is 1. The lowest BCUT2D eigenvalue weighted by Crippen LogP contribution is -2.41. The van der Waals surface area contributed by atoms with Crippen molar-refractivity contribution in [3.05, 3.63) is 72.2 Å². The van der Waals surface area contributed by atoms with Crippen LogP contribution in [-0.2, 0) is 16.0 Å². The zero-order valence-electron chi connectivity index (χ0n) is 21.6. The Kier molecular flexibility index (Phi) is 7.79. The van der Waals surface area contributed by atoms with Crippen LogP contribution < -0.4 is 9.47 Å². The largest absolute Gasteiger partial charge is 0.490 e. The van der Waals surface area contributed by atoms with Crippen molar-refractivity contribution >= 4 is 16.9 Å². The van der Waals surface area contributed by atoms with Gasteiger partial charge in [0.15, 0.2) is 11.5 Å². The highest BCUT2D eigenvalue weighted by Crippen LogP contribution is 2.34. The molecule has 38 heavy (non-hydrogen) atoms. The van der Waals surface area contributed by atoms with Crippen molar-refractivity contribution in [1.82, 2.24) is 14.9 Å². The van der Waals surface area contributed by atoms with Crippen LogP contribution in [-0.4, -0.2) is 60.3 Å². The van der Waals surface area contributed by atoms with Crippen molar-refractivity contribution in [3.8, 4) is 33.9 Å². The lowest BCUT2D eigenvalue weighted by molar-refractivity contribution is -0.134. The molecule has 5 rings (SSSR count). The van der Waals surface area contributed by atoms with E-state index in [1.807, 2.05) is 56.3 Å². The van der Waals surface area contributed by atoms with Gasteiger partial charge < -0.3 is 19.1 Å². The molecule has 0 radical (unpaired) electrons. The van der Waals surface area contributed by atoms with E-state index in [0.29, 0.717) is 78.9 Å². The summed E-state index contributed by atoms with van der Waals surface area (Å²) in [6.45, 7) is 7.00. The van der Waals surface area contributed by atoms with E-state index in [-0.39, 0.29) is 12.3 Å². The average molecular weight is 516 g/mol. The summed E-state index contributed by atoms with van der Waals surface area (Å²) in [6.07, 6.45) is 1.74. The first-order valence-electron chi connectivity index (χ1n) is 12.9. The molecule has 0 unspecified atom stereocenters. The molecule has 196 valence electrons. The van der Waals surface area contributed by atoms with Crippen molar-refractivity contribution in [2.45, 2.75) is 20.3 Å². The van der Waals surface area contributed by atoms with Crippen LogP contribution >= 0.6 is 0 Å². The standard InChI is InChI=1S/C30H30FN3O4/c1-3-37-27-11-10-22(17-28(27)38-4-2)26-19-32-25-7-5-6-23(30(25)33-26)20-8-9-21(24(31)16-20)18-29(35)34-12-14-36-15-13-34/h5-11,16-17,19H,3-4,12-15,18H2,1-2H3. The number of halogens is 1. The summed E-state index contributed by atoms with van der Waals surface area (Å²) in [7, 11) is 0. The molecule has 0 N–H and O–H groups in total. The van der Waals surface area contributed by atoms with Crippen LogP contribution in [0.15, 0.2) is 60.8 Å². The van der Waals surface area contributed by atoms with Crippen LogP contribution in [0.2, 0.25) is 0 Å². The van der Waals surface area contributed by atoms with Crippen molar-refractivity contribution < 1.29 is 23.4 Å². The number of amides is 1. The third-order valence-electron chi connectivity index (χ3n) is 6.48. The van der Waals surface area contributed by atoms with Gasteiger partial charge in [-0.25, -0.2) is 9.37 Å². The van der Waals surface area contributed by atoms with Gasteiger partial charge in [0.05, 0.1) is 55.8 Å². The van der Waals surface area contributed by atoms with E-state index < -0.39 is 5.82 Å². The normalized spacial score (nSPS) is 13.5. The van der Waals surface area contributed by atoms with Gasteiger partial charge in [-0.1, -0.05) is 24.3 Å². The Morgan fingerprint density at radius 2 is 1.74 bits per heavy atom. The van der Waals surface area contributed by atoms with Crippen LogP contribution in [0.4, 0.5) is 4.39 Å². The molecule has 4 aromatic rings. The van der Waals surface area contributed by atoms with Gasteiger partial charge in [-0.05, 0) is 55.3 Å². The van der Waals surface area contributed by atoms with Gasteiger partial charge in [0.25, 0.3) is 0 Å². The zero-order chi connectivity index (χ0) is 26.5.